The van der Waals surface area contributed by atoms with Gasteiger partial charge in [0.2, 0.25) is 5.96 Å². The number of rotatable bonds is 10. The molecule has 2 saturated heterocycles. The molecule has 2 aromatic rings. The van der Waals surface area contributed by atoms with Gasteiger partial charge in [-0.3, -0.25) is 10.3 Å². The number of aliphatic hydroxyl groups is 1. The largest absolute Gasteiger partial charge is 0.493 e. The highest BCUT2D eigenvalue weighted by molar-refractivity contribution is 5.78. The highest BCUT2D eigenvalue weighted by atomic mass is 16.5. The molecule has 0 aromatic heterocycles. The normalized spacial score (nSPS) is 19.4. The van der Waals surface area contributed by atoms with Crippen LogP contribution in [0.25, 0.3) is 0 Å². The zero-order valence-electron chi connectivity index (χ0n) is 22.5. The molecule has 2 aromatic carbocycles. The van der Waals surface area contributed by atoms with Gasteiger partial charge in [-0.05, 0) is 66.6 Å². The van der Waals surface area contributed by atoms with Crippen molar-refractivity contribution in [1.29, 1.82) is 15.9 Å². The number of fused-ring (bicyclic) bond motifs is 2. The maximum Gasteiger partial charge on any atom is 0.207 e. The van der Waals surface area contributed by atoms with Gasteiger partial charge in [0.05, 0.1) is 25.9 Å². The minimum Gasteiger partial charge on any atom is -0.493 e. The number of methoxy groups -OCH3 is 2. The zero-order chi connectivity index (χ0) is 27.8. The summed E-state index contributed by atoms with van der Waals surface area (Å²) in [7, 11) is 3.19. The van der Waals surface area contributed by atoms with Gasteiger partial charge < -0.3 is 24.2 Å². The van der Waals surface area contributed by atoms with Gasteiger partial charge in [0.25, 0.3) is 0 Å². The first-order chi connectivity index (χ1) is 18.9. The van der Waals surface area contributed by atoms with Crippen LogP contribution >= 0.6 is 0 Å². The number of likely N-dealkylation sites (tertiary alicyclic amines) is 2. The molecule has 0 aliphatic carbocycles. The molecule has 0 saturated carbocycles. The Kier molecular flexibility index (Phi) is 9.48. The number of piperidine rings is 2. The van der Waals surface area contributed by atoms with E-state index >= 15 is 0 Å². The third kappa shape index (κ3) is 7.32. The van der Waals surface area contributed by atoms with Crippen molar-refractivity contribution in [3.63, 3.8) is 0 Å². The van der Waals surface area contributed by atoms with Gasteiger partial charge in [0.1, 0.15) is 18.5 Å². The van der Waals surface area contributed by atoms with E-state index in [4.69, 9.17) is 24.9 Å². The number of β-amino-alcohol motifs (C(OH)–C–C–N with tert-alkyl or cyclic N) is 1. The first-order valence-electron chi connectivity index (χ1n) is 13.2. The summed E-state index contributed by atoms with van der Waals surface area (Å²) in [5.74, 6) is 2.92. The second-order valence-corrected chi connectivity index (χ2v) is 10.2. The Bertz CT molecular complexity index is 1190. The van der Waals surface area contributed by atoms with Crippen LogP contribution in [0.4, 0.5) is 0 Å². The van der Waals surface area contributed by atoms with Crippen molar-refractivity contribution in [3.8, 4) is 29.5 Å². The van der Waals surface area contributed by atoms with Crippen molar-refractivity contribution >= 4 is 5.96 Å². The summed E-state index contributed by atoms with van der Waals surface area (Å²) < 4.78 is 16.4. The Morgan fingerprint density at radius 3 is 2.36 bits per heavy atom. The number of nitrogens with one attached hydrogen (secondary N) is 1. The quantitative estimate of drug-likeness (QED) is 0.205. The first kappa shape index (κ1) is 28.0. The standard InChI is InChI=1S/C29H36N6O4/c1-37-27-8-5-21(12-28(27)38-2)9-10-34(20-31)29(32)35-16-23-11-24(17-35)15-33(14-23)18-25(36)19-39-26-6-3-22(13-30)4-7-26/h3-8,12,23-25,32,36H,9-11,14-19H2,1-2H3. The number of aliphatic hydroxyl groups excluding tert-OH is 1. The number of nitriles is 2. The molecule has 206 valence electrons. The number of guanidine groups is 1. The van der Waals surface area contributed by atoms with E-state index in [1.165, 1.54) is 4.90 Å². The smallest absolute Gasteiger partial charge is 0.207 e. The highest BCUT2D eigenvalue weighted by Crippen LogP contribution is 2.30. The molecule has 2 aliphatic heterocycles. The van der Waals surface area contributed by atoms with Crippen LogP contribution in [0, 0.1) is 40.0 Å². The molecule has 10 nitrogen and oxygen atoms in total. The Morgan fingerprint density at radius 1 is 1.05 bits per heavy atom. The van der Waals surface area contributed by atoms with Crippen LogP contribution in [0.3, 0.4) is 0 Å². The topological polar surface area (TPSA) is 129 Å². The summed E-state index contributed by atoms with van der Waals surface area (Å²) in [5.41, 5.74) is 1.58. The lowest BCUT2D eigenvalue weighted by Gasteiger charge is -2.47. The molecule has 3 unspecified atom stereocenters. The molecule has 39 heavy (non-hydrogen) atoms. The van der Waals surface area contributed by atoms with E-state index in [1.807, 2.05) is 23.1 Å². The zero-order valence-corrected chi connectivity index (χ0v) is 22.5. The Morgan fingerprint density at radius 2 is 1.74 bits per heavy atom. The van der Waals surface area contributed by atoms with E-state index < -0.39 is 6.10 Å². The predicted octanol–water partition coefficient (Wildman–Crippen LogP) is 2.53. The van der Waals surface area contributed by atoms with Crippen LogP contribution in [0.15, 0.2) is 42.5 Å². The van der Waals surface area contributed by atoms with Crippen LogP contribution in [-0.4, -0.2) is 92.0 Å². The van der Waals surface area contributed by atoms with Crippen molar-refractivity contribution in [2.45, 2.75) is 18.9 Å². The van der Waals surface area contributed by atoms with Crippen LogP contribution < -0.4 is 14.2 Å². The maximum absolute atomic E-state index is 10.6. The van der Waals surface area contributed by atoms with Gasteiger partial charge in [-0.1, -0.05) is 6.07 Å². The molecule has 10 heteroatoms. The molecule has 0 radical (unpaired) electrons. The molecular weight excluding hydrogens is 496 g/mol. The van der Waals surface area contributed by atoms with Gasteiger partial charge in [-0.25, -0.2) is 4.90 Å². The Hall–Kier alpha value is -3.99. The molecule has 0 amide bonds. The maximum atomic E-state index is 10.6. The van der Waals surface area contributed by atoms with Crippen LogP contribution in [0.2, 0.25) is 0 Å². The fourth-order valence-electron chi connectivity index (χ4n) is 5.53. The summed E-state index contributed by atoms with van der Waals surface area (Å²) in [6.07, 6.45) is 3.27. The van der Waals surface area contributed by atoms with Gasteiger partial charge in [0, 0.05) is 39.3 Å². The summed E-state index contributed by atoms with van der Waals surface area (Å²) in [6, 6.07) is 14.6. The molecule has 2 aliphatic rings. The summed E-state index contributed by atoms with van der Waals surface area (Å²) >= 11 is 0. The lowest BCUT2D eigenvalue weighted by molar-refractivity contribution is 0.0128. The predicted molar refractivity (Wildman–Crippen MR) is 146 cm³/mol. The lowest BCUT2D eigenvalue weighted by Crippen LogP contribution is -2.57. The third-order valence-corrected chi connectivity index (χ3v) is 7.30. The van der Waals surface area contributed by atoms with Crippen molar-refractivity contribution in [3.05, 3.63) is 53.6 Å². The van der Waals surface area contributed by atoms with Crippen LogP contribution in [-0.2, 0) is 6.42 Å². The number of nitrogens with zero attached hydrogens (tertiary/aromatic N) is 5. The SMILES string of the molecule is COc1ccc(CCN(C#N)C(=N)N2CC3CC(CN(CC(O)COc4ccc(C#N)cc4)C3)C2)cc1OC. The molecule has 2 N–H and O–H groups in total. The molecule has 3 atom stereocenters. The summed E-state index contributed by atoms with van der Waals surface area (Å²) in [6.45, 7) is 4.24. The van der Waals surface area contributed by atoms with Gasteiger partial charge >= 0.3 is 0 Å². The van der Waals surface area contributed by atoms with Crippen molar-refractivity contribution in [1.82, 2.24) is 14.7 Å². The average Bonchev–Trinajstić information content (AvgIpc) is 2.95. The van der Waals surface area contributed by atoms with Crippen molar-refractivity contribution in [2.24, 2.45) is 11.8 Å². The summed E-state index contributed by atoms with van der Waals surface area (Å²) in [4.78, 5) is 5.77. The average molecular weight is 533 g/mol. The molecule has 0 spiro atoms. The van der Waals surface area contributed by atoms with Gasteiger partial charge in [0.15, 0.2) is 17.7 Å². The highest BCUT2D eigenvalue weighted by Gasteiger charge is 2.36. The van der Waals surface area contributed by atoms with Crippen LogP contribution in [0.5, 0.6) is 17.2 Å². The molecule has 2 bridgehead atoms. The Labute approximate surface area is 230 Å². The second kappa shape index (κ2) is 13.2. The number of hydrogen-bond donors (Lipinski definition) is 2. The fraction of sp³-hybridized carbons (Fsp3) is 0.483. The summed E-state index contributed by atoms with van der Waals surface area (Å²) in [5, 5.41) is 38.0. The van der Waals surface area contributed by atoms with Crippen molar-refractivity contribution in [2.75, 3.05) is 60.1 Å². The van der Waals surface area contributed by atoms with E-state index in [-0.39, 0.29) is 12.6 Å². The van der Waals surface area contributed by atoms with Crippen LogP contribution in [0.1, 0.15) is 17.5 Å². The monoisotopic (exact) mass is 532 g/mol. The molecular formula is C29H36N6O4. The van der Waals surface area contributed by atoms with E-state index in [0.29, 0.717) is 54.2 Å². The number of ether oxygens (including phenoxy) is 3. The number of benzene rings is 2. The second-order valence-electron chi connectivity index (χ2n) is 10.2. The first-order valence-corrected chi connectivity index (χ1v) is 13.2. The van der Waals surface area contributed by atoms with Gasteiger partial charge in [-0.15, -0.1) is 0 Å². The lowest BCUT2D eigenvalue weighted by atomic mass is 9.84. The number of hydrogen-bond acceptors (Lipinski definition) is 8. The minimum absolute atomic E-state index is 0.186. The molecule has 2 fully saturated rings. The Balaban J connectivity index is 1.25. The fourth-order valence-corrected chi connectivity index (χ4v) is 5.53. The molecule has 4 rings (SSSR count). The van der Waals surface area contributed by atoms with Gasteiger partial charge in [-0.2, -0.15) is 10.5 Å². The van der Waals surface area contributed by atoms with Crippen molar-refractivity contribution < 1.29 is 19.3 Å². The van der Waals surface area contributed by atoms with E-state index in [9.17, 15) is 10.4 Å². The van der Waals surface area contributed by atoms with E-state index in [0.717, 1.165) is 38.2 Å². The molecule has 2 heterocycles. The van der Waals surface area contributed by atoms with E-state index in [2.05, 4.69) is 17.2 Å². The third-order valence-electron chi connectivity index (χ3n) is 7.30. The van der Waals surface area contributed by atoms with E-state index in [1.54, 1.807) is 38.5 Å². The minimum atomic E-state index is -0.625.